The average molecular weight is 349 g/mol. The first-order valence-electron chi connectivity index (χ1n) is 7.92. The lowest BCUT2D eigenvalue weighted by atomic mass is 10.1. The summed E-state index contributed by atoms with van der Waals surface area (Å²) in [6, 6.07) is 0. The summed E-state index contributed by atoms with van der Waals surface area (Å²) in [4.78, 5) is 22.6. The van der Waals surface area contributed by atoms with Crippen molar-refractivity contribution >= 4 is 28.8 Å². The van der Waals surface area contributed by atoms with Crippen molar-refractivity contribution in [1.29, 1.82) is 0 Å². The van der Waals surface area contributed by atoms with Crippen LogP contribution in [-0.2, 0) is 4.74 Å². The summed E-state index contributed by atoms with van der Waals surface area (Å²) in [5.41, 5.74) is 2.18. The third kappa shape index (κ3) is 3.24. The molecule has 3 heterocycles. The Labute approximate surface area is 146 Å². The smallest absolute Gasteiger partial charge is 0.410 e. The van der Waals surface area contributed by atoms with E-state index in [4.69, 9.17) is 16.3 Å². The minimum Gasteiger partial charge on any atom is -0.444 e. The van der Waals surface area contributed by atoms with Crippen LogP contribution in [0.1, 0.15) is 38.7 Å². The van der Waals surface area contributed by atoms with Gasteiger partial charge in [0, 0.05) is 6.54 Å². The molecule has 2 aromatic rings. The maximum absolute atomic E-state index is 12.3. The van der Waals surface area contributed by atoms with Crippen LogP contribution in [-0.4, -0.2) is 44.1 Å². The molecule has 0 saturated carbocycles. The van der Waals surface area contributed by atoms with E-state index in [-0.39, 0.29) is 6.09 Å². The number of rotatable bonds is 1. The summed E-state index contributed by atoms with van der Waals surface area (Å²) in [6.45, 7) is 8.64. The molecule has 0 spiro atoms. The van der Waals surface area contributed by atoms with Gasteiger partial charge in [-0.05, 0) is 39.7 Å². The van der Waals surface area contributed by atoms with Crippen LogP contribution in [0.5, 0.6) is 0 Å². The van der Waals surface area contributed by atoms with Crippen LogP contribution in [0, 0.1) is 6.92 Å². The minimum absolute atomic E-state index is 0.298. The molecule has 24 heavy (non-hydrogen) atoms. The Morgan fingerprint density at radius 3 is 2.75 bits per heavy atom. The van der Waals surface area contributed by atoms with Gasteiger partial charge in [0.2, 0.25) is 0 Å². The Balaban J connectivity index is 1.91. The van der Waals surface area contributed by atoms with E-state index in [2.05, 4.69) is 16.0 Å². The summed E-state index contributed by atoms with van der Waals surface area (Å²) in [5, 5.41) is 0.416. The molecular weight excluding hydrogens is 328 g/mol. The Bertz CT molecular complexity index is 820. The second-order valence-corrected chi connectivity index (χ2v) is 7.24. The normalized spacial score (nSPS) is 15.5. The first kappa shape index (κ1) is 16.8. The molecule has 1 amide bonds. The van der Waals surface area contributed by atoms with E-state index >= 15 is 0 Å². The van der Waals surface area contributed by atoms with Crippen molar-refractivity contribution in [3.8, 4) is 0 Å². The van der Waals surface area contributed by atoms with Crippen LogP contribution in [0.4, 0.5) is 4.79 Å². The molecule has 0 aromatic carbocycles. The van der Waals surface area contributed by atoms with Gasteiger partial charge in [-0.3, -0.25) is 4.40 Å². The van der Waals surface area contributed by atoms with Gasteiger partial charge in [0.1, 0.15) is 16.9 Å². The van der Waals surface area contributed by atoms with E-state index in [1.807, 2.05) is 32.1 Å². The summed E-state index contributed by atoms with van der Waals surface area (Å²) in [6.07, 6.45) is 6.04. The van der Waals surface area contributed by atoms with Gasteiger partial charge in [0.25, 0.3) is 0 Å². The Kier molecular flexibility index (Phi) is 4.25. The summed E-state index contributed by atoms with van der Waals surface area (Å²) < 4.78 is 7.45. The van der Waals surface area contributed by atoms with Crippen LogP contribution in [0.15, 0.2) is 18.5 Å². The first-order chi connectivity index (χ1) is 11.3. The zero-order chi connectivity index (χ0) is 17.5. The number of halogens is 1. The van der Waals surface area contributed by atoms with Crippen LogP contribution in [0.3, 0.4) is 0 Å². The maximum atomic E-state index is 12.3. The maximum Gasteiger partial charge on any atom is 0.410 e. The molecular formula is C17H21ClN4O2. The molecule has 0 N–H and O–H groups in total. The summed E-state index contributed by atoms with van der Waals surface area (Å²) in [7, 11) is 0. The number of carbonyl (C=O) groups excluding carboxylic acids is 1. The van der Waals surface area contributed by atoms with Crippen molar-refractivity contribution in [3.63, 3.8) is 0 Å². The number of fused-ring (bicyclic) bond motifs is 1. The van der Waals surface area contributed by atoms with Gasteiger partial charge in [-0.2, -0.15) is 0 Å². The number of aryl methyl sites for hydroxylation is 1. The number of hydrogen-bond donors (Lipinski definition) is 0. The van der Waals surface area contributed by atoms with Crippen molar-refractivity contribution < 1.29 is 9.53 Å². The molecule has 0 radical (unpaired) electrons. The number of amides is 1. The van der Waals surface area contributed by atoms with Gasteiger partial charge < -0.3 is 9.64 Å². The molecule has 3 rings (SSSR count). The van der Waals surface area contributed by atoms with Crippen molar-refractivity contribution in [1.82, 2.24) is 19.3 Å². The predicted octanol–water partition coefficient (Wildman–Crippen LogP) is 3.72. The standard InChI is InChI=1S/C17H21ClN4O2/c1-11-19-9-14-15(18)20-8-13(22(11)14)12-6-5-7-21(10-12)16(23)24-17(2,3)4/h6,8-9H,5,7,10H2,1-4H3. The third-order valence-corrected chi connectivity index (χ3v) is 4.11. The molecule has 1 aliphatic heterocycles. The predicted molar refractivity (Wildman–Crippen MR) is 93.1 cm³/mol. The van der Waals surface area contributed by atoms with E-state index < -0.39 is 5.60 Å². The lowest BCUT2D eigenvalue weighted by Gasteiger charge is -2.30. The molecule has 0 saturated heterocycles. The fourth-order valence-electron chi connectivity index (χ4n) is 2.77. The topological polar surface area (TPSA) is 59.7 Å². The Morgan fingerprint density at radius 2 is 2.04 bits per heavy atom. The monoisotopic (exact) mass is 348 g/mol. The highest BCUT2D eigenvalue weighted by Gasteiger charge is 2.26. The quantitative estimate of drug-likeness (QED) is 0.788. The summed E-state index contributed by atoms with van der Waals surface area (Å²) in [5.74, 6) is 0.833. The molecule has 128 valence electrons. The van der Waals surface area contributed by atoms with Crippen molar-refractivity contribution in [3.05, 3.63) is 35.1 Å². The van der Waals surface area contributed by atoms with Gasteiger partial charge in [0.15, 0.2) is 5.15 Å². The minimum atomic E-state index is -0.506. The zero-order valence-electron chi connectivity index (χ0n) is 14.3. The molecule has 0 atom stereocenters. The molecule has 1 aliphatic rings. The van der Waals surface area contributed by atoms with Gasteiger partial charge >= 0.3 is 6.09 Å². The van der Waals surface area contributed by atoms with Crippen molar-refractivity contribution in [2.24, 2.45) is 0 Å². The molecule has 0 unspecified atom stereocenters. The average Bonchev–Trinajstić information content (AvgIpc) is 2.89. The molecule has 6 nitrogen and oxygen atoms in total. The van der Waals surface area contributed by atoms with E-state index in [9.17, 15) is 4.79 Å². The van der Waals surface area contributed by atoms with Crippen LogP contribution < -0.4 is 0 Å². The highest BCUT2D eigenvalue weighted by atomic mass is 35.5. The van der Waals surface area contributed by atoms with Crippen LogP contribution >= 0.6 is 11.6 Å². The van der Waals surface area contributed by atoms with E-state index in [0.717, 1.165) is 29.0 Å². The number of ether oxygens (including phenoxy) is 1. The van der Waals surface area contributed by atoms with Crippen LogP contribution in [0.25, 0.3) is 11.1 Å². The fourth-order valence-corrected chi connectivity index (χ4v) is 2.96. The Morgan fingerprint density at radius 1 is 1.29 bits per heavy atom. The largest absolute Gasteiger partial charge is 0.444 e. The van der Waals surface area contributed by atoms with E-state index in [1.165, 1.54) is 0 Å². The van der Waals surface area contributed by atoms with Crippen LogP contribution in [0.2, 0.25) is 5.15 Å². The number of hydrogen-bond acceptors (Lipinski definition) is 4. The fraction of sp³-hybridized carbons (Fsp3) is 0.471. The first-order valence-corrected chi connectivity index (χ1v) is 8.30. The molecule has 0 aliphatic carbocycles. The highest BCUT2D eigenvalue weighted by Crippen LogP contribution is 2.26. The Hall–Kier alpha value is -2.08. The second-order valence-electron chi connectivity index (χ2n) is 6.88. The second kappa shape index (κ2) is 6.09. The molecule has 2 aromatic heterocycles. The van der Waals surface area contributed by atoms with Crippen molar-refractivity contribution in [2.75, 3.05) is 13.1 Å². The van der Waals surface area contributed by atoms with E-state index in [1.54, 1.807) is 17.3 Å². The van der Waals surface area contributed by atoms with Crippen molar-refractivity contribution in [2.45, 2.75) is 39.7 Å². The lowest BCUT2D eigenvalue weighted by Crippen LogP contribution is -2.39. The highest BCUT2D eigenvalue weighted by molar-refractivity contribution is 6.32. The lowest BCUT2D eigenvalue weighted by molar-refractivity contribution is 0.0273. The molecule has 7 heteroatoms. The summed E-state index contributed by atoms with van der Waals surface area (Å²) >= 11 is 6.16. The third-order valence-electron chi connectivity index (χ3n) is 3.82. The molecule has 0 bridgehead atoms. The SMILES string of the molecule is Cc1ncc2c(Cl)ncc(C3=CCCN(C(=O)OC(C)(C)C)C3)n12. The van der Waals surface area contributed by atoms with E-state index in [0.29, 0.717) is 18.2 Å². The molecule has 0 fully saturated rings. The zero-order valence-corrected chi connectivity index (χ0v) is 15.1. The van der Waals surface area contributed by atoms with Gasteiger partial charge in [-0.15, -0.1) is 0 Å². The number of aromatic nitrogens is 3. The van der Waals surface area contributed by atoms with Gasteiger partial charge in [0.05, 0.1) is 24.6 Å². The number of imidazole rings is 1. The van der Waals surface area contributed by atoms with Gasteiger partial charge in [-0.1, -0.05) is 17.7 Å². The number of nitrogens with zero attached hydrogens (tertiary/aromatic N) is 4. The van der Waals surface area contributed by atoms with Gasteiger partial charge in [-0.25, -0.2) is 14.8 Å². The number of carbonyl (C=O) groups is 1.